The first-order valence-corrected chi connectivity index (χ1v) is 10.8. The zero-order valence-electron chi connectivity index (χ0n) is 15.4. The summed E-state index contributed by atoms with van der Waals surface area (Å²) in [6.07, 6.45) is 4.37. The highest BCUT2D eigenvalue weighted by molar-refractivity contribution is 7.89. The van der Waals surface area contributed by atoms with E-state index in [1.807, 2.05) is 12.1 Å². The Morgan fingerprint density at radius 2 is 1.83 bits per heavy atom. The van der Waals surface area contributed by atoms with Crippen molar-refractivity contribution in [2.45, 2.75) is 23.7 Å². The molecule has 0 amide bonds. The average molecular weight is 410 g/mol. The molecule has 148 valence electrons. The second kappa shape index (κ2) is 7.09. The highest BCUT2D eigenvalue weighted by atomic mass is 32.2. The fourth-order valence-electron chi connectivity index (χ4n) is 3.67. The van der Waals surface area contributed by atoms with Gasteiger partial charge in [-0.15, -0.1) is 10.2 Å². The number of pyridine rings is 1. The van der Waals surface area contributed by atoms with Crippen molar-refractivity contribution in [2.24, 2.45) is 0 Å². The van der Waals surface area contributed by atoms with Gasteiger partial charge in [0.25, 0.3) is 5.89 Å². The fourth-order valence-corrected chi connectivity index (χ4v) is 5.30. The molecular formula is C20H18N4O4S. The van der Waals surface area contributed by atoms with E-state index >= 15 is 0 Å². The van der Waals surface area contributed by atoms with Crippen molar-refractivity contribution in [1.29, 1.82) is 0 Å². The van der Waals surface area contributed by atoms with E-state index in [4.69, 9.17) is 8.83 Å². The Bertz CT molecular complexity index is 1240. The van der Waals surface area contributed by atoms with Gasteiger partial charge in [-0.1, -0.05) is 18.2 Å². The molecule has 1 fully saturated rings. The standard InChI is InChI=1S/C20H18N4O4S/c25-29(26,17-7-1-4-14-5-2-10-21-18(14)17)24-11-8-15(9-12-24)19-22-23-20(28-19)16-6-3-13-27-16/h1-7,10,13,15H,8-9,11-12H2. The molecule has 1 aliphatic rings. The molecule has 0 bridgehead atoms. The number of hydrogen-bond donors (Lipinski definition) is 0. The van der Waals surface area contributed by atoms with Gasteiger partial charge in [-0.3, -0.25) is 4.98 Å². The molecule has 9 heteroatoms. The Labute approximate surface area is 167 Å². The second-order valence-corrected chi connectivity index (χ2v) is 8.84. The third-order valence-corrected chi connectivity index (χ3v) is 7.12. The lowest BCUT2D eigenvalue weighted by Crippen LogP contribution is -2.38. The first-order chi connectivity index (χ1) is 14.1. The smallest absolute Gasteiger partial charge is 0.283 e. The molecule has 0 aliphatic carbocycles. The van der Waals surface area contributed by atoms with Crippen LogP contribution in [0.25, 0.3) is 22.6 Å². The van der Waals surface area contributed by atoms with Crippen LogP contribution in [0.4, 0.5) is 0 Å². The summed E-state index contributed by atoms with van der Waals surface area (Å²) in [5.41, 5.74) is 0.497. The molecule has 1 aromatic carbocycles. The number of aromatic nitrogens is 3. The Morgan fingerprint density at radius 1 is 1.00 bits per heavy atom. The summed E-state index contributed by atoms with van der Waals surface area (Å²) in [5, 5.41) is 8.97. The van der Waals surface area contributed by atoms with Crippen LogP contribution in [0, 0.1) is 0 Å². The van der Waals surface area contributed by atoms with E-state index in [1.54, 1.807) is 42.8 Å². The van der Waals surface area contributed by atoms with Crippen LogP contribution in [0.5, 0.6) is 0 Å². The summed E-state index contributed by atoms with van der Waals surface area (Å²) in [5.74, 6) is 1.39. The highest BCUT2D eigenvalue weighted by Gasteiger charge is 2.33. The fraction of sp³-hybridized carbons (Fsp3) is 0.250. The Morgan fingerprint density at radius 3 is 2.62 bits per heavy atom. The molecular weight excluding hydrogens is 392 g/mol. The van der Waals surface area contributed by atoms with Gasteiger partial charge >= 0.3 is 0 Å². The number of hydrogen-bond acceptors (Lipinski definition) is 7. The van der Waals surface area contributed by atoms with Crippen molar-refractivity contribution in [3.63, 3.8) is 0 Å². The van der Waals surface area contributed by atoms with E-state index in [9.17, 15) is 8.42 Å². The van der Waals surface area contributed by atoms with E-state index in [1.165, 1.54) is 4.31 Å². The number of furan rings is 1. The van der Waals surface area contributed by atoms with Gasteiger partial charge in [0.1, 0.15) is 4.90 Å². The van der Waals surface area contributed by atoms with E-state index in [0.29, 0.717) is 49.0 Å². The van der Waals surface area contributed by atoms with Gasteiger partial charge in [0.15, 0.2) is 5.76 Å². The van der Waals surface area contributed by atoms with Crippen LogP contribution >= 0.6 is 0 Å². The van der Waals surface area contributed by atoms with Gasteiger partial charge in [-0.2, -0.15) is 4.31 Å². The van der Waals surface area contributed by atoms with Crippen LogP contribution in [0.1, 0.15) is 24.7 Å². The number of rotatable bonds is 4. The summed E-state index contributed by atoms with van der Waals surface area (Å²) < 4.78 is 39.0. The van der Waals surface area contributed by atoms with E-state index in [-0.39, 0.29) is 10.8 Å². The number of benzene rings is 1. The molecule has 1 saturated heterocycles. The molecule has 8 nitrogen and oxygen atoms in total. The van der Waals surface area contributed by atoms with Gasteiger partial charge in [0.05, 0.1) is 11.8 Å². The molecule has 3 aromatic heterocycles. The Balaban J connectivity index is 1.35. The van der Waals surface area contributed by atoms with Gasteiger partial charge in [0, 0.05) is 30.6 Å². The molecule has 4 heterocycles. The minimum atomic E-state index is -3.64. The molecule has 0 unspecified atom stereocenters. The van der Waals surface area contributed by atoms with Crippen molar-refractivity contribution < 1.29 is 17.3 Å². The van der Waals surface area contributed by atoms with Crippen LogP contribution in [0.3, 0.4) is 0 Å². The molecule has 0 radical (unpaired) electrons. The number of para-hydroxylation sites is 1. The van der Waals surface area contributed by atoms with E-state index in [0.717, 1.165) is 5.39 Å². The summed E-state index contributed by atoms with van der Waals surface area (Å²) in [6, 6.07) is 12.4. The Kier molecular flexibility index (Phi) is 4.40. The van der Waals surface area contributed by atoms with Crippen molar-refractivity contribution in [2.75, 3.05) is 13.1 Å². The lowest BCUT2D eigenvalue weighted by atomic mass is 9.98. The molecule has 1 aliphatic heterocycles. The number of fused-ring (bicyclic) bond motifs is 1. The van der Waals surface area contributed by atoms with E-state index < -0.39 is 10.0 Å². The monoisotopic (exact) mass is 410 g/mol. The Hall–Kier alpha value is -3.04. The lowest BCUT2D eigenvalue weighted by Gasteiger charge is -2.29. The molecule has 4 aromatic rings. The largest absolute Gasteiger partial charge is 0.459 e. The number of nitrogens with zero attached hydrogens (tertiary/aromatic N) is 4. The zero-order valence-corrected chi connectivity index (χ0v) is 16.2. The van der Waals surface area contributed by atoms with Crippen molar-refractivity contribution in [3.05, 3.63) is 60.8 Å². The second-order valence-electron chi connectivity index (χ2n) is 6.93. The van der Waals surface area contributed by atoms with Gasteiger partial charge in [-0.05, 0) is 37.1 Å². The first kappa shape index (κ1) is 18.0. The maximum Gasteiger partial charge on any atom is 0.283 e. The summed E-state index contributed by atoms with van der Waals surface area (Å²) in [6.45, 7) is 0.767. The first-order valence-electron chi connectivity index (χ1n) is 9.34. The van der Waals surface area contributed by atoms with Gasteiger partial charge in [-0.25, -0.2) is 8.42 Å². The normalized spacial score (nSPS) is 16.4. The molecule has 0 atom stereocenters. The third-order valence-electron chi connectivity index (χ3n) is 5.19. The molecule has 0 saturated carbocycles. The summed E-state index contributed by atoms with van der Waals surface area (Å²) in [4.78, 5) is 4.53. The van der Waals surface area contributed by atoms with Crippen molar-refractivity contribution in [3.8, 4) is 11.7 Å². The molecule has 0 spiro atoms. The predicted molar refractivity (Wildman–Crippen MR) is 104 cm³/mol. The van der Waals surface area contributed by atoms with Gasteiger partial charge < -0.3 is 8.83 Å². The molecule has 29 heavy (non-hydrogen) atoms. The highest BCUT2D eigenvalue weighted by Crippen LogP contribution is 2.32. The molecule has 0 N–H and O–H groups in total. The predicted octanol–water partition coefficient (Wildman–Crippen LogP) is 3.45. The molecule has 5 rings (SSSR count). The maximum atomic E-state index is 13.2. The quantitative estimate of drug-likeness (QED) is 0.508. The van der Waals surface area contributed by atoms with E-state index in [2.05, 4.69) is 15.2 Å². The average Bonchev–Trinajstić information content (AvgIpc) is 3.45. The summed E-state index contributed by atoms with van der Waals surface area (Å²) in [7, 11) is -3.64. The number of piperidine rings is 1. The maximum absolute atomic E-state index is 13.2. The third kappa shape index (κ3) is 3.22. The zero-order chi connectivity index (χ0) is 19.8. The topological polar surface area (TPSA) is 102 Å². The lowest BCUT2D eigenvalue weighted by molar-refractivity contribution is 0.291. The van der Waals surface area contributed by atoms with Gasteiger partial charge in [0.2, 0.25) is 15.9 Å². The van der Waals surface area contributed by atoms with Crippen LogP contribution in [0.15, 0.2) is 68.7 Å². The number of sulfonamides is 1. The minimum Gasteiger partial charge on any atom is -0.459 e. The van der Waals surface area contributed by atoms with Crippen molar-refractivity contribution >= 4 is 20.9 Å². The van der Waals surface area contributed by atoms with Crippen LogP contribution in [-0.4, -0.2) is 41.0 Å². The minimum absolute atomic E-state index is 0.0169. The van der Waals surface area contributed by atoms with Crippen molar-refractivity contribution in [1.82, 2.24) is 19.5 Å². The van der Waals surface area contributed by atoms with Crippen LogP contribution < -0.4 is 0 Å². The summed E-state index contributed by atoms with van der Waals surface area (Å²) >= 11 is 0. The van der Waals surface area contributed by atoms with Crippen LogP contribution in [-0.2, 0) is 10.0 Å². The SMILES string of the molecule is O=S(=O)(c1cccc2cccnc12)N1CCC(c2nnc(-c3ccco3)o2)CC1. The van der Waals surface area contributed by atoms with Crippen LogP contribution in [0.2, 0.25) is 0 Å².